The lowest BCUT2D eigenvalue weighted by Crippen LogP contribution is -2.38. The van der Waals surface area contributed by atoms with Gasteiger partial charge in [-0.05, 0) is 73.3 Å². The second-order valence-corrected chi connectivity index (χ2v) is 11.5. The average Bonchev–Trinajstić information content (AvgIpc) is 3.37. The standard InChI is InChI=1S/C30H35BF6O2/c32-29(33,34)24-17-23(18-25(19-24)30(35,36)37)26(16-20-10-4-1-5-11-20)31-38-27(21-12-6-2-7-13-21)28(39-31)22-14-8-3-9-15-22/h1,4-5,10-11,17-19,21-22,26-28H,2-3,6-9,12-16H2/t26-,27-,28-/m1/s1. The van der Waals surface area contributed by atoms with Gasteiger partial charge in [0.25, 0.3) is 0 Å². The zero-order valence-electron chi connectivity index (χ0n) is 21.9. The van der Waals surface area contributed by atoms with Crippen LogP contribution in [0.15, 0.2) is 48.5 Å². The van der Waals surface area contributed by atoms with Crippen molar-refractivity contribution in [2.45, 2.75) is 101 Å². The van der Waals surface area contributed by atoms with Crippen LogP contribution in [0.4, 0.5) is 26.3 Å². The molecule has 2 nitrogen and oxygen atoms in total. The summed E-state index contributed by atoms with van der Waals surface area (Å²) in [7, 11) is -0.923. The summed E-state index contributed by atoms with van der Waals surface area (Å²) >= 11 is 0. The number of benzene rings is 2. The van der Waals surface area contributed by atoms with E-state index in [0.717, 1.165) is 69.1 Å². The van der Waals surface area contributed by atoms with Crippen LogP contribution >= 0.6 is 0 Å². The van der Waals surface area contributed by atoms with Crippen molar-refractivity contribution >= 4 is 7.12 Å². The van der Waals surface area contributed by atoms with E-state index in [4.69, 9.17) is 9.31 Å². The molecule has 2 aromatic rings. The van der Waals surface area contributed by atoms with Crippen LogP contribution in [-0.2, 0) is 28.1 Å². The molecule has 2 aromatic carbocycles. The highest BCUT2D eigenvalue weighted by molar-refractivity contribution is 6.47. The fourth-order valence-corrected chi connectivity index (χ4v) is 6.80. The minimum Gasteiger partial charge on any atom is -0.405 e. The molecule has 3 aliphatic rings. The summed E-state index contributed by atoms with van der Waals surface area (Å²) in [6.07, 6.45) is 0.767. The van der Waals surface area contributed by atoms with E-state index in [1.165, 1.54) is 12.8 Å². The molecule has 1 saturated heterocycles. The molecule has 2 aliphatic carbocycles. The molecular formula is C30H35BF6O2. The first-order valence-corrected chi connectivity index (χ1v) is 14.2. The van der Waals surface area contributed by atoms with Crippen molar-refractivity contribution in [2.24, 2.45) is 11.8 Å². The number of alkyl halides is 6. The highest BCUT2D eigenvalue weighted by Gasteiger charge is 2.50. The van der Waals surface area contributed by atoms with E-state index in [-0.39, 0.29) is 30.3 Å². The van der Waals surface area contributed by atoms with Crippen LogP contribution in [-0.4, -0.2) is 19.3 Å². The van der Waals surface area contributed by atoms with E-state index >= 15 is 0 Å². The Kier molecular flexibility index (Phi) is 8.67. The molecule has 212 valence electrons. The molecule has 0 unspecified atom stereocenters. The van der Waals surface area contributed by atoms with Gasteiger partial charge in [-0.15, -0.1) is 0 Å². The number of hydrogen-bond acceptors (Lipinski definition) is 2. The van der Waals surface area contributed by atoms with E-state index in [1.54, 1.807) is 0 Å². The molecule has 1 aliphatic heterocycles. The van der Waals surface area contributed by atoms with Crippen LogP contribution in [0.1, 0.15) is 92.3 Å². The Labute approximate surface area is 226 Å². The minimum absolute atomic E-state index is 0.0577. The third-order valence-corrected chi connectivity index (χ3v) is 8.80. The molecule has 0 aromatic heterocycles. The summed E-state index contributed by atoms with van der Waals surface area (Å²) in [6, 6.07) is 11.0. The summed E-state index contributed by atoms with van der Waals surface area (Å²) < 4.78 is 95.9. The van der Waals surface area contributed by atoms with Crippen LogP contribution in [0.5, 0.6) is 0 Å². The molecule has 0 bridgehead atoms. The van der Waals surface area contributed by atoms with Crippen LogP contribution in [0.3, 0.4) is 0 Å². The molecule has 39 heavy (non-hydrogen) atoms. The molecule has 9 heteroatoms. The summed E-state index contributed by atoms with van der Waals surface area (Å²) in [6.45, 7) is 0. The van der Waals surface area contributed by atoms with Crippen LogP contribution < -0.4 is 0 Å². The highest BCUT2D eigenvalue weighted by Crippen LogP contribution is 2.45. The Balaban J connectivity index is 1.54. The zero-order chi connectivity index (χ0) is 27.6. The monoisotopic (exact) mass is 552 g/mol. The summed E-state index contributed by atoms with van der Waals surface area (Å²) in [5, 5.41) is 0. The minimum atomic E-state index is -4.92. The van der Waals surface area contributed by atoms with E-state index < -0.39 is 36.4 Å². The van der Waals surface area contributed by atoms with Gasteiger partial charge in [-0.1, -0.05) is 68.9 Å². The Morgan fingerprint density at radius 1 is 0.667 bits per heavy atom. The first-order valence-electron chi connectivity index (χ1n) is 14.2. The molecule has 0 N–H and O–H groups in total. The average molecular weight is 552 g/mol. The van der Waals surface area contributed by atoms with Crippen molar-refractivity contribution in [1.82, 2.24) is 0 Å². The predicted molar refractivity (Wildman–Crippen MR) is 138 cm³/mol. The maximum Gasteiger partial charge on any atom is 0.465 e. The van der Waals surface area contributed by atoms with Gasteiger partial charge >= 0.3 is 19.5 Å². The van der Waals surface area contributed by atoms with Crippen molar-refractivity contribution in [3.8, 4) is 0 Å². The maximum atomic E-state index is 13.8. The molecule has 2 saturated carbocycles. The zero-order valence-corrected chi connectivity index (χ0v) is 21.9. The van der Waals surface area contributed by atoms with Gasteiger partial charge in [-0.2, -0.15) is 26.3 Å². The third kappa shape index (κ3) is 6.84. The second-order valence-electron chi connectivity index (χ2n) is 11.5. The molecule has 3 fully saturated rings. The summed E-state index contributed by atoms with van der Waals surface area (Å²) in [5.74, 6) is -0.240. The topological polar surface area (TPSA) is 18.5 Å². The molecular weight excluding hydrogens is 517 g/mol. The Hall–Kier alpha value is -2.00. The predicted octanol–water partition coefficient (Wildman–Crippen LogP) is 9.02. The van der Waals surface area contributed by atoms with Gasteiger partial charge in [-0.25, -0.2) is 0 Å². The SMILES string of the molecule is FC(F)(F)c1cc([C@@H](Cc2ccccc2)B2O[C@H](C3CCCCC3)[C@@H](C3CCCCC3)O2)cc(C(F)(F)F)c1. The third-order valence-electron chi connectivity index (χ3n) is 8.80. The van der Waals surface area contributed by atoms with Gasteiger partial charge in [0.2, 0.25) is 0 Å². The first kappa shape index (κ1) is 28.5. The van der Waals surface area contributed by atoms with E-state index in [9.17, 15) is 26.3 Å². The number of halogens is 6. The normalized spacial score (nSPS) is 24.7. The smallest absolute Gasteiger partial charge is 0.405 e. The largest absolute Gasteiger partial charge is 0.465 e. The van der Waals surface area contributed by atoms with Gasteiger partial charge in [-0.3, -0.25) is 0 Å². The molecule has 0 radical (unpaired) electrons. The van der Waals surface area contributed by atoms with Crippen LogP contribution in [0.25, 0.3) is 0 Å². The van der Waals surface area contributed by atoms with Gasteiger partial charge in [0.05, 0.1) is 23.3 Å². The molecule has 1 heterocycles. The van der Waals surface area contributed by atoms with E-state index in [2.05, 4.69) is 0 Å². The number of hydrogen-bond donors (Lipinski definition) is 0. The Morgan fingerprint density at radius 2 is 1.13 bits per heavy atom. The molecule has 0 spiro atoms. The van der Waals surface area contributed by atoms with Gasteiger partial charge in [0, 0.05) is 5.82 Å². The van der Waals surface area contributed by atoms with E-state index in [0.29, 0.717) is 11.8 Å². The molecule has 0 amide bonds. The first-order chi connectivity index (χ1) is 18.6. The quantitative estimate of drug-likeness (QED) is 0.263. The molecule has 3 atom stereocenters. The van der Waals surface area contributed by atoms with Gasteiger partial charge in [0.15, 0.2) is 0 Å². The van der Waals surface area contributed by atoms with Crippen LogP contribution in [0.2, 0.25) is 0 Å². The van der Waals surface area contributed by atoms with Crippen molar-refractivity contribution in [3.05, 3.63) is 70.8 Å². The summed E-state index contributed by atoms with van der Waals surface area (Å²) in [4.78, 5) is 0. The van der Waals surface area contributed by atoms with Crippen molar-refractivity contribution in [1.29, 1.82) is 0 Å². The number of rotatable bonds is 6. The van der Waals surface area contributed by atoms with Crippen molar-refractivity contribution in [3.63, 3.8) is 0 Å². The summed E-state index contributed by atoms with van der Waals surface area (Å²) in [5.41, 5.74) is -1.87. The lowest BCUT2D eigenvalue weighted by Gasteiger charge is -2.35. The lowest BCUT2D eigenvalue weighted by atomic mass is 9.64. The van der Waals surface area contributed by atoms with E-state index in [1.807, 2.05) is 30.3 Å². The van der Waals surface area contributed by atoms with Crippen molar-refractivity contribution < 1.29 is 35.7 Å². The van der Waals surface area contributed by atoms with Gasteiger partial charge < -0.3 is 9.31 Å². The van der Waals surface area contributed by atoms with Crippen LogP contribution in [0, 0.1) is 11.8 Å². The second kappa shape index (κ2) is 11.9. The fraction of sp³-hybridized carbons (Fsp3) is 0.600. The fourth-order valence-electron chi connectivity index (χ4n) is 6.80. The van der Waals surface area contributed by atoms with Gasteiger partial charge in [0.1, 0.15) is 0 Å². The molecule has 5 rings (SSSR count). The highest BCUT2D eigenvalue weighted by atomic mass is 19.4. The lowest BCUT2D eigenvalue weighted by molar-refractivity contribution is -0.143. The van der Waals surface area contributed by atoms with Crippen molar-refractivity contribution in [2.75, 3.05) is 0 Å². The maximum absolute atomic E-state index is 13.8. The Bertz CT molecular complexity index is 1020. The Morgan fingerprint density at radius 3 is 1.56 bits per heavy atom.